The molecule has 0 amide bonds. The summed E-state index contributed by atoms with van der Waals surface area (Å²) in [6, 6.07) is 0. The highest BCUT2D eigenvalue weighted by atomic mass is 32.2. The molecule has 1 aliphatic heterocycles. The number of thioether (sulfide) groups is 1. The molecule has 1 saturated heterocycles. The average Bonchev–Trinajstić information content (AvgIpc) is 2.45. The van der Waals surface area contributed by atoms with Crippen molar-refractivity contribution in [2.45, 2.75) is 32.2 Å². The first kappa shape index (κ1) is 10.8. The van der Waals surface area contributed by atoms with Crippen LogP contribution >= 0.6 is 11.8 Å². The van der Waals surface area contributed by atoms with Gasteiger partial charge in [-0.3, -0.25) is 4.99 Å². The van der Waals surface area contributed by atoms with Gasteiger partial charge in [-0.25, -0.2) is 8.78 Å². The topological polar surface area (TPSA) is 24.4 Å². The van der Waals surface area contributed by atoms with E-state index in [4.69, 9.17) is 0 Å². The van der Waals surface area contributed by atoms with Crippen LogP contribution in [0.3, 0.4) is 0 Å². The molecule has 1 unspecified atom stereocenters. The molecule has 0 aromatic rings. The average molecular weight is 208 g/mol. The quantitative estimate of drug-likeness (QED) is 0.768. The number of hydrogen-bond donors (Lipinski definition) is 1. The third-order valence-electron chi connectivity index (χ3n) is 2.09. The second kappa shape index (κ2) is 4.26. The van der Waals surface area contributed by atoms with Crippen molar-refractivity contribution in [2.24, 2.45) is 4.99 Å². The molecule has 0 saturated carbocycles. The maximum Gasteiger partial charge on any atom is 0.257 e. The number of rotatable bonds is 3. The zero-order valence-corrected chi connectivity index (χ0v) is 8.63. The predicted octanol–water partition coefficient (Wildman–Crippen LogP) is 2.11. The third kappa shape index (κ3) is 3.14. The number of nitrogens with one attached hydrogen (secondary N) is 1. The standard InChI is InChI=1S/C8H14F2N2S/c1-3-8(2)5-13-7(12-8)11-4-6(9)10/h6H,3-5H2,1-2H3,(H,11,12). The maximum absolute atomic E-state index is 11.8. The summed E-state index contributed by atoms with van der Waals surface area (Å²) in [5, 5.41) is 3.81. The monoisotopic (exact) mass is 208 g/mol. The molecule has 0 radical (unpaired) electrons. The molecule has 1 rings (SSSR count). The van der Waals surface area contributed by atoms with Crippen molar-refractivity contribution in [2.75, 3.05) is 12.3 Å². The van der Waals surface area contributed by atoms with E-state index in [0.717, 1.165) is 12.2 Å². The van der Waals surface area contributed by atoms with Gasteiger partial charge >= 0.3 is 0 Å². The molecule has 0 bridgehead atoms. The first-order valence-corrected chi connectivity index (χ1v) is 5.28. The lowest BCUT2D eigenvalue weighted by Crippen LogP contribution is -2.39. The number of aliphatic imine (C=N–C) groups is 1. The molecule has 1 N–H and O–H groups in total. The molecule has 1 fully saturated rings. The summed E-state index contributed by atoms with van der Waals surface area (Å²) >= 11 is 1.52. The van der Waals surface area contributed by atoms with E-state index in [-0.39, 0.29) is 5.54 Å². The van der Waals surface area contributed by atoms with Crippen molar-refractivity contribution >= 4 is 16.9 Å². The highest BCUT2D eigenvalue weighted by molar-refractivity contribution is 8.14. The van der Waals surface area contributed by atoms with E-state index in [9.17, 15) is 8.78 Å². The van der Waals surface area contributed by atoms with Crippen LogP contribution in [0.15, 0.2) is 4.99 Å². The molecule has 2 nitrogen and oxygen atoms in total. The van der Waals surface area contributed by atoms with Crippen molar-refractivity contribution in [1.82, 2.24) is 5.32 Å². The lowest BCUT2D eigenvalue weighted by Gasteiger charge is -2.20. The molecule has 5 heteroatoms. The van der Waals surface area contributed by atoms with Gasteiger partial charge in [0.25, 0.3) is 6.43 Å². The maximum atomic E-state index is 11.8. The van der Waals surface area contributed by atoms with E-state index in [1.54, 1.807) is 0 Å². The van der Waals surface area contributed by atoms with Gasteiger partial charge < -0.3 is 5.32 Å². The van der Waals surface area contributed by atoms with Gasteiger partial charge in [0.1, 0.15) is 6.54 Å². The van der Waals surface area contributed by atoms with Gasteiger partial charge in [0.15, 0.2) is 5.17 Å². The van der Waals surface area contributed by atoms with Crippen molar-refractivity contribution < 1.29 is 8.78 Å². The lowest BCUT2D eigenvalue weighted by atomic mass is 10.0. The molecule has 76 valence electrons. The van der Waals surface area contributed by atoms with E-state index < -0.39 is 13.0 Å². The van der Waals surface area contributed by atoms with Gasteiger partial charge in [0.2, 0.25) is 0 Å². The first-order chi connectivity index (χ1) is 6.06. The summed E-state index contributed by atoms with van der Waals surface area (Å²) in [4.78, 5) is 3.78. The van der Waals surface area contributed by atoms with Crippen LogP contribution in [0.25, 0.3) is 0 Å². The third-order valence-corrected chi connectivity index (χ3v) is 3.38. The Labute approximate surface area is 81.2 Å². The fourth-order valence-corrected chi connectivity index (χ4v) is 2.20. The van der Waals surface area contributed by atoms with Gasteiger partial charge in [-0.05, 0) is 13.3 Å². The van der Waals surface area contributed by atoms with Crippen molar-refractivity contribution in [3.8, 4) is 0 Å². The number of amidine groups is 1. The largest absolute Gasteiger partial charge is 0.359 e. The van der Waals surface area contributed by atoms with Crippen LogP contribution in [-0.4, -0.2) is 29.4 Å². The Morgan fingerprint density at radius 1 is 1.69 bits per heavy atom. The minimum atomic E-state index is -2.34. The summed E-state index contributed by atoms with van der Waals surface area (Å²) in [6.07, 6.45) is -1.36. The molecule has 0 aromatic heterocycles. The Morgan fingerprint density at radius 3 is 2.85 bits per heavy atom. The highest BCUT2D eigenvalue weighted by Crippen LogP contribution is 2.25. The van der Waals surface area contributed by atoms with Crippen LogP contribution in [0.2, 0.25) is 0 Å². The van der Waals surface area contributed by atoms with Gasteiger partial charge in [-0.15, -0.1) is 0 Å². The van der Waals surface area contributed by atoms with Crippen LogP contribution in [0, 0.1) is 0 Å². The van der Waals surface area contributed by atoms with Gasteiger partial charge in [-0.2, -0.15) is 0 Å². The minimum absolute atomic E-state index is 0.0334. The van der Waals surface area contributed by atoms with E-state index in [0.29, 0.717) is 5.17 Å². The Balaban J connectivity index is 2.44. The van der Waals surface area contributed by atoms with Crippen LogP contribution in [0.4, 0.5) is 8.78 Å². The second-order valence-electron chi connectivity index (χ2n) is 3.36. The molecular formula is C8H14F2N2S. The molecule has 0 aliphatic carbocycles. The fourth-order valence-electron chi connectivity index (χ4n) is 0.986. The van der Waals surface area contributed by atoms with Gasteiger partial charge in [0, 0.05) is 11.3 Å². The summed E-state index contributed by atoms with van der Waals surface area (Å²) in [7, 11) is 0. The van der Waals surface area contributed by atoms with Crippen LogP contribution < -0.4 is 5.32 Å². The Kier molecular flexibility index (Phi) is 3.53. The zero-order valence-electron chi connectivity index (χ0n) is 7.81. The molecular weight excluding hydrogens is 194 g/mol. The van der Waals surface area contributed by atoms with Gasteiger partial charge in [0.05, 0.1) is 0 Å². The van der Waals surface area contributed by atoms with E-state index in [2.05, 4.69) is 24.2 Å². The lowest BCUT2D eigenvalue weighted by molar-refractivity contribution is 0.158. The minimum Gasteiger partial charge on any atom is -0.359 e. The van der Waals surface area contributed by atoms with E-state index >= 15 is 0 Å². The van der Waals surface area contributed by atoms with Crippen molar-refractivity contribution in [3.05, 3.63) is 0 Å². The summed E-state index contributed by atoms with van der Waals surface area (Å²) in [5.74, 6) is 0.908. The van der Waals surface area contributed by atoms with Crippen LogP contribution in [-0.2, 0) is 0 Å². The van der Waals surface area contributed by atoms with E-state index in [1.165, 1.54) is 11.8 Å². The molecule has 1 atom stereocenters. The SMILES string of the molecule is CCC1(C)CSC(=NCC(F)F)N1. The van der Waals surface area contributed by atoms with Crippen LogP contribution in [0.1, 0.15) is 20.3 Å². The number of halogens is 2. The van der Waals surface area contributed by atoms with Crippen LogP contribution in [0.5, 0.6) is 0 Å². The predicted molar refractivity (Wildman–Crippen MR) is 52.6 cm³/mol. The smallest absolute Gasteiger partial charge is 0.257 e. The molecule has 0 spiro atoms. The first-order valence-electron chi connectivity index (χ1n) is 4.29. The molecule has 1 aliphatic rings. The summed E-state index contributed by atoms with van der Waals surface area (Å²) in [5.41, 5.74) is 0.0334. The number of nitrogens with zero attached hydrogens (tertiary/aromatic N) is 1. The number of hydrogen-bond acceptors (Lipinski definition) is 2. The summed E-state index contributed by atoms with van der Waals surface area (Å²) < 4.78 is 23.6. The van der Waals surface area contributed by atoms with Gasteiger partial charge in [-0.1, -0.05) is 18.7 Å². The van der Waals surface area contributed by atoms with E-state index in [1.807, 2.05) is 0 Å². The Hall–Kier alpha value is -0.320. The molecule has 1 heterocycles. The Bertz CT molecular complexity index is 208. The Morgan fingerprint density at radius 2 is 2.38 bits per heavy atom. The highest BCUT2D eigenvalue weighted by Gasteiger charge is 2.30. The molecule has 13 heavy (non-hydrogen) atoms. The van der Waals surface area contributed by atoms with Crippen molar-refractivity contribution in [1.29, 1.82) is 0 Å². The summed E-state index contributed by atoms with van der Waals surface area (Å²) in [6.45, 7) is 3.75. The normalized spacial score (nSPS) is 31.3. The second-order valence-corrected chi connectivity index (χ2v) is 4.33. The van der Waals surface area contributed by atoms with Crippen molar-refractivity contribution in [3.63, 3.8) is 0 Å². The fraction of sp³-hybridized carbons (Fsp3) is 0.875. The number of alkyl halides is 2. The molecule has 0 aromatic carbocycles. The zero-order chi connectivity index (χ0) is 9.90.